The highest BCUT2D eigenvalue weighted by Crippen LogP contribution is 2.24. The molecule has 0 amide bonds. The van der Waals surface area contributed by atoms with Gasteiger partial charge in [-0.3, -0.25) is 4.79 Å². The molecule has 1 aromatic rings. The van der Waals surface area contributed by atoms with Gasteiger partial charge in [0, 0.05) is 18.9 Å². The Kier molecular flexibility index (Phi) is 5.92. The zero-order chi connectivity index (χ0) is 12.7. The number of aliphatic hydroxyl groups excluding tert-OH is 1. The van der Waals surface area contributed by atoms with Crippen molar-refractivity contribution in [3.63, 3.8) is 0 Å². The lowest BCUT2D eigenvalue weighted by Crippen LogP contribution is -2.13. The topological polar surface area (TPSA) is 37.3 Å². The summed E-state index contributed by atoms with van der Waals surface area (Å²) in [6, 6.07) is 8.15. The number of rotatable bonds is 7. The van der Waals surface area contributed by atoms with Crippen molar-refractivity contribution >= 4 is 5.78 Å². The third-order valence-electron chi connectivity index (χ3n) is 3.02. The van der Waals surface area contributed by atoms with Gasteiger partial charge in [0.25, 0.3) is 0 Å². The molecule has 1 atom stereocenters. The Morgan fingerprint density at radius 2 is 1.94 bits per heavy atom. The first-order valence-corrected chi connectivity index (χ1v) is 6.39. The summed E-state index contributed by atoms with van der Waals surface area (Å²) in [5.74, 6) is 0.257. The number of ketones is 1. The highest BCUT2D eigenvalue weighted by atomic mass is 16.2. The highest BCUT2D eigenvalue weighted by molar-refractivity contribution is 5.85. The summed E-state index contributed by atoms with van der Waals surface area (Å²) in [5.41, 5.74) is 2.29. The van der Waals surface area contributed by atoms with E-state index >= 15 is 0 Å². The first-order chi connectivity index (χ1) is 8.19. The summed E-state index contributed by atoms with van der Waals surface area (Å²) in [7, 11) is 0. The molecule has 0 spiro atoms. The summed E-state index contributed by atoms with van der Waals surface area (Å²) in [6.07, 6.45) is 2.96. The van der Waals surface area contributed by atoms with Crippen LogP contribution in [0.4, 0.5) is 0 Å². The van der Waals surface area contributed by atoms with E-state index in [0.717, 1.165) is 18.4 Å². The maximum Gasteiger partial charge on any atom is 0.140 e. The molecule has 0 radical (unpaired) electrons. The monoisotopic (exact) mass is 234 g/mol. The number of aliphatic hydroxyl groups is 1. The van der Waals surface area contributed by atoms with Crippen LogP contribution >= 0.6 is 0 Å². The number of hydrogen-bond donors (Lipinski definition) is 1. The standard InChI is InChI=1S/C15H22O2/c1-3-5-15(17)14(6-4-11-16)13-9-7-12(2)8-10-13/h7-10,14,16H,3-6,11H2,1-2H3. The van der Waals surface area contributed by atoms with Gasteiger partial charge in [-0.15, -0.1) is 0 Å². The SMILES string of the molecule is CCCC(=O)C(CCCO)c1ccc(C)cc1. The van der Waals surface area contributed by atoms with Gasteiger partial charge in [0.2, 0.25) is 0 Å². The van der Waals surface area contributed by atoms with Gasteiger partial charge in [-0.05, 0) is 31.7 Å². The Balaban J connectivity index is 2.81. The molecule has 0 bridgehead atoms. The van der Waals surface area contributed by atoms with Crippen LogP contribution in [0.1, 0.15) is 49.7 Å². The third-order valence-corrected chi connectivity index (χ3v) is 3.02. The normalized spacial score (nSPS) is 12.4. The molecule has 0 saturated heterocycles. The van der Waals surface area contributed by atoms with Crippen molar-refractivity contribution in [2.45, 2.75) is 45.4 Å². The third kappa shape index (κ3) is 4.31. The van der Waals surface area contributed by atoms with Crippen LogP contribution in [0.3, 0.4) is 0 Å². The Hall–Kier alpha value is -1.15. The van der Waals surface area contributed by atoms with Crippen molar-refractivity contribution in [1.29, 1.82) is 0 Å². The molecule has 0 saturated carbocycles. The van der Waals surface area contributed by atoms with Crippen LogP contribution in [0.2, 0.25) is 0 Å². The molecule has 0 aliphatic rings. The van der Waals surface area contributed by atoms with Gasteiger partial charge in [0.15, 0.2) is 0 Å². The molecule has 0 heterocycles. The first kappa shape index (κ1) is 13.9. The summed E-state index contributed by atoms with van der Waals surface area (Å²) >= 11 is 0. The number of Topliss-reactive ketones (excluding diaryl/α,β-unsaturated/α-hetero) is 1. The van der Waals surface area contributed by atoms with E-state index in [1.165, 1.54) is 5.56 Å². The van der Waals surface area contributed by atoms with Crippen molar-refractivity contribution in [2.75, 3.05) is 6.61 Å². The lowest BCUT2D eigenvalue weighted by Gasteiger charge is -2.15. The van der Waals surface area contributed by atoms with E-state index in [1.807, 2.05) is 38.1 Å². The van der Waals surface area contributed by atoms with Crippen LogP contribution in [0.15, 0.2) is 24.3 Å². The highest BCUT2D eigenvalue weighted by Gasteiger charge is 2.18. The minimum atomic E-state index is -0.0392. The van der Waals surface area contributed by atoms with Crippen LogP contribution < -0.4 is 0 Å². The van der Waals surface area contributed by atoms with Gasteiger partial charge >= 0.3 is 0 Å². The van der Waals surface area contributed by atoms with E-state index in [-0.39, 0.29) is 12.5 Å². The zero-order valence-electron chi connectivity index (χ0n) is 10.8. The fourth-order valence-electron chi connectivity index (χ4n) is 2.03. The number of carbonyl (C=O) groups is 1. The molecule has 1 unspecified atom stereocenters. The van der Waals surface area contributed by atoms with Gasteiger partial charge < -0.3 is 5.11 Å². The Labute approximate surface area is 104 Å². The number of hydrogen-bond acceptors (Lipinski definition) is 2. The van der Waals surface area contributed by atoms with Crippen LogP contribution in [0.25, 0.3) is 0 Å². The van der Waals surface area contributed by atoms with Gasteiger partial charge in [0.05, 0.1) is 0 Å². The lowest BCUT2D eigenvalue weighted by atomic mass is 9.88. The minimum absolute atomic E-state index is 0.0392. The van der Waals surface area contributed by atoms with Crippen LogP contribution in [0, 0.1) is 6.92 Å². The summed E-state index contributed by atoms with van der Waals surface area (Å²) in [4.78, 5) is 12.1. The predicted octanol–water partition coefficient (Wildman–Crippen LogP) is 3.22. The van der Waals surface area contributed by atoms with Crippen molar-refractivity contribution in [3.8, 4) is 0 Å². The number of aryl methyl sites for hydroxylation is 1. The molecular formula is C15H22O2. The van der Waals surface area contributed by atoms with E-state index in [4.69, 9.17) is 5.11 Å². The molecule has 1 aromatic carbocycles. The maximum absolute atomic E-state index is 12.1. The second-order valence-electron chi connectivity index (χ2n) is 4.55. The van der Waals surface area contributed by atoms with Crippen LogP contribution in [-0.2, 0) is 4.79 Å². The molecule has 0 fully saturated rings. The molecular weight excluding hydrogens is 212 g/mol. The van der Waals surface area contributed by atoms with E-state index in [0.29, 0.717) is 18.6 Å². The Bertz CT molecular complexity index is 340. The van der Waals surface area contributed by atoms with Gasteiger partial charge in [-0.25, -0.2) is 0 Å². The minimum Gasteiger partial charge on any atom is -0.396 e. The Morgan fingerprint density at radius 1 is 1.29 bits per heavy atom. The Morgan fingerprint density at radius 3 is 2.47 bits per heavy atom. The van der Waals surface area contributed by atoms with E-state index in [1.54, 1.807) is 0 Å². The van der Waals surface area contributed by atoms with Gasteiger partial charge in [0.1, 0.15) is 5.78 Å². The quantitative estimate of drug-likeness (QED) is 0.786. The summed E-state index contributed by atoms with van der Waals surface area (Å²) in [5, 5.41) is 8.91. The fraction of sp³-hybridized carbons (Fsp3) is 0.533. The maximum atomic E-state index is 12.1. The van der Waals surface area contributed by atoms with E-state index < -0.39 is 0 Å². The van der Waals surface area contributed by atoms with Gasteiger partial charge in [-0.1, -0.05) is 36.8 Å². The predicted molar refractivity (Wildman–Crippen MR) is 70.2 cm³/mol. The van der Waals surface area contributed by atoms with Crippen LogP contribution in [-0.4, -0.2) is 17.5 Å². The number of carbonyl (C=O) groups excluding carboxylic acids is 1. The molecule has 1 rings (SSSR count). The molecule has 17 heavy (non-hydrogen) atoms. The molecule has 94 valence electrons. The summed E-state index contributed by atoms with van der Waals surface area (Å²) in [6.45, 7) is 4.22. The zero-order valence-corrected chi connectivity index (χ0v) is 10.8. The smallest absolute Gasteiger partial charge is 0.140 e. The first-order valence-electron chi connectivity index (χ1n) is 6.39. The van der Waals surface area contributed by atoms with Crippen molar-refractivity contribution in [3.05, 3.63) is 35.4 Å². The van der Waals surface area contributed by atoms with E-state index in [2.05, 4.69) is 0 Å². The summed E-state index contributed by atoms with van der Waals surface area (Å²) < 4.78 is 0. The molecule has 1 N–H and O–H groups in total. The second-order valence-corrected chi connectivity index (χ2v) is 4.55. The van der Waals surface area contributed by atoms with Gasteiger partial charge in [-0.2, -0.15) is 0 Å². The fourth-order valence-corrected chi connectivity index (χ4v) is 2.03. The van der Waals surface area contributed by atoms with Crippen molar-refractivity contribution < 1.29 is 9.90 Å². The molecule has 0 aromatic heterocycles. The largest absolute Gasteiger partial charge is 0.396 e. The lowest BCUT2D eigenvalue weighted by molar-refractivity contribution is -0.120. The van der Waals surface area contributed by atoms with Crippen LogP contribution in [0.5, 0.6) is 0 Å². The molecule has 0 aliphatic heterocycles. The number of benzene rings is 1. The molecule has 0 aliphatic carbocycles. The van der Waals surface area contributed by atoms with E-state index in [9.17, 15) is 4.79 Å². The van der Waals surface area contributed by atoms with Crippen molar-refractivity contribution in [2.24, 2.45) is 0 Å². The molecule has 2 heteroatoms. The van der Waals surface area contributed by atoms with Crippen molar-refractivity contribution in [1.82, 2.24) is 0 Å². The average Bonchev–Trinajstić information content (AvgIpc) is 2.32. The molecule has 2 nitrogen and oxygen atoms in total. The second kappa shape index (κ2) is 7.23. The average molecular weight is 234 g/mol.